The SMILES string of the molecule is Cc1cc(NC(C)(C)C)nc(Nc2cc(Cl)ccc2C)n1. The number of anilines is 3. The summed E-state index contributed by atoms with van der Waals surface area (Å²) in [4.78, 5) is 8.93. The molecule has 1 aromatic carbocycles. The Morgan fingerprint density at radius 1 is 1.05 bits per heavy atom. The van der Waals surface area contributed by atoms with Crippen molar-refractivity contribution in [2.24, 2.45) is 0 Å². The van der Waals surface area contributed by atoms with Crippen LogP contribution in [0.15, 0.2) is 24.3 Å². The molecule has 2 aromatic rings. The minimum Gasteiger partial charge on any atom is -0.365 e. The maximum absolute atomic E-state index is 6.04. The molecular formula is C16H21ClN4. The molecule has 2 N–H and O–H groups in total. The van der Waals surface area contributed by atoms with Crippen LogP contribution in [0.25, 0.3) is 0 Å². The van der Waals surface area contributed by atoms with Crippen molar-refractivity contribution in [3.63, 3.8) is 0 Å². The number of benzene rings is 1. The van der Waals surface area contributed by atoms with Gasteiger partial charge in [0, 0.05) is 28.0 Å². The quantitative estimate of drug-likeness (QED) is 0.863. The van der Waals surface area contributed by atoms with Gasteiger partial charge in [-0.15, -0.1) is 0 Å². The van der Waals surface area contributed by atoms with Gasteiger partial charge in [-0.3, -0.25) is 0 Å². The van der Waals surface area contributed by atoms with Gasteiger partial charge in [0.15, 0.2) is 0 Å². The molecule has 0 aliphatic heterocycles. The Balaban J connectivity index is 2.30. The van der Waals surface area contributed by atoms with Gasteiger partial charge in [0.25, 0.3) is 0 Å². The fourth-order valence-electron chi connectivity index (χ4n) is 1.92. The molecule has 5 heteroatoms. The largest absolute Gasteiger partial charge is 0.365 e. The van der Waals surface area contributed by atoms with Gasteiger partial charge >= 0.3 is 0 Å². The monoisotopic (exact) mass is 304 g/mol. The molecule has 0 aliphatic carbocycles. The molecule has 2 rings (SSSR count). The minimum absolute atomic E-state index is 0.0516. The molecule has 4 nitrogen and oxygen atoms in total. The molecule has 0 amide bonds. The summed E-state index contributed by atoms with van der Waals surface area (Å²) in [7, 11) is 0. The van der Waals surface area contributed by atoms with Crippen LogP contribution < -0.4 is 10.6 Å². The van der Waals surface area contributed by atoms with Gasteiger partial charge in [-0.1, -0.05) is 17.7 Å². The highest BCUT2D eigenvalue weighted by atomic mass is 35.5. The molecule has 0 spiro atoms. The van der Waals surface area contributed by atoms with E-state index in [0.29, 0.717) is 11.0 Å². The Labute approximate surface area is 131 Å². The zero-order chi connectivity index (χ0) is 15.6. The number of rotatable bonds is 3. The van der Waals surface area contributed by atoms with Crippen molar-refractivity contribution in [2.75, 3.05) is 10.6 Å². The van der Waals surface area contributed by atoms with E-state index in [9.17, 15) is 0 Å². The molecule has 112 valence electrons. The van der Waals surface area contributed by atoms with Crippen LogP contribution in [0.5, 0.6) is 0 Å². The topological polar surface area (TPSA) is 49.8 Å². The highest BCUT2D eigenvalue weighted by Crippen LogP contribution is 2.24. The summed E-state index contributed by atoms with van der Waals surface area (Å²) in [6.45, 7) is 10.3. The second-order valence-corrected chi connectivity index (χ2v) is 6.61. The van der Waals surface area contributed by atoms with Gasteiger partial charge in [-0.05, 0) is 52.3 Å². The van der Waals surface area contributed by atoms with Crippen LogP contribution >= 0.6 is 11.6 Å². The van der Waals surface area contributed by atoms with Crippen LogP contribution in [0.3, 0.4) is 0 Å². The van der Waals surface area contributed by atoms with E-state index in [0.717, 1.165) is 22.8 Å². The highest BCUT2D eigenvalue weighted by molar-refractivity contribution is 6.30. The van der Waals surface area contributed by atoms with Crippen molar-refractivity contribution < 1.29 is 0 Å². The van der Waals surface area contributed by atoms with Gasteiger partial charge < -0.3 is 10.6 Å². The van der Waals surface area contributed by atoms with E-state index in [-0.39, 0.29) is 5.54 Å². The van der Waals surface area contributed by atoms with E-state index in [1.54, 1.807) is 0 Å². The van der Waals surface area contributed by atoms with Crippen molar-refractivity contribution in [3.8, 4) is 0 Å². The van der Waals surface area contributed by atoms with E-state index in [2.05, 4.69) is 41.4 Å². The zero-order valence-corrected chi connectivity index (χ0v) is 13.8. The van der Waals surface area contributed by atoms with Crippen molar-refractivity contribution in [3.05, 3.63) is 40.5 Å². The minimum atomic E-state index is -0.0516. The maximum atomic E-state index is 6.04. The second-order valence-electron chi connectivity index (χ2n) is 6.18. The van der Waals surface area contributed by atoms with Crippen LogP contribution in [0, 0.1) is 13.8 Å². The summed E-state index contributed by atoms with van der Waals surface area (Å²) in [5, 5.41) is 7.27. The van der Waals surface area contributed by atoms with Crippen LogP contribution in [0.4, 0.5) is 17.5 Å². The van der Waals surface area contributed by atoms with Crippen molar-refractivity contribution in [2.45, 2.75) is 40.2 Å². The maximum Gasteiger partial charge on any atom is 0.229 e. The first-order chi connectivity index (χ1) is 9.73. The van der Waals surface area contributed by atoms with Gasteiger partial charge in [-0.25, -0.2) is 4.98 Å². The molecule has 0 unspecified atom stereocenters. The predicted molar refractivity (Wildman–Crippen MR) is 89.6 cm³/mol. The lowest BCUT2D eigenvalue weighted by Crippen LogP contribution is -2.27. The average Bonchev–Trinajstić information content (AvgIpc) is 2.31. The molecular weight excluding hydrogens is 284 g/mol. The molecule has 0 fully saturated rings. The van der Waals surface area contributed by atoms with Crippen LogP contribution in [-0.4, -0.2) is 15.5 Å². The lowest BCUT2D eigenvalue weighted by Gasteiger charge is -2.22. The second kappa shape index (κ2) is 5.90. The van der Waals surface area contributed by atoms with E-state index in [1.807, 2.05) is 38.1 Å². The molecule has 0 bridgehead atoms. The first kappa shape index (κ1) is 15.6. The molecule has 0 aliphatic rings. The number of nitrogens with one attached hydrogen (secondary N) is 2. The van der Waals surface area contributed by atoms with Gasteiger partial charge in [0.1, 0.15) is 5.82 Å². The third-order valence-electron chi connectivity index (χ3n) is 2.80. The molecule has 1 aromatic heterocycles. The molecule has 0 saturated heterocycles. The van der Waals surface area contributed by atoms with Crippen molar-refractivity contribution in [1.29, 1.82) is 0 Å². The summed E-state index contributed by atoms with van der Waals surface area (Å²) in [5.74, 6) is 1.37. The Kier molecular flexibility index (Phi) is 4.37. The Bertz CT molecular complexity index is 647. The summed E-state index contributed by atoms with van der Waals surface area (Å²) in [6, 6.07) is 7.64. The van der Waals surface area contributed by atoms with Gasteiger partial charge in [0.05, 0.1) is 0 Å². The molecule has 0 atom stereocenters. The third kappa shape index (κ3) is 4.60. The fourth-order valence-corrected chi connectivity index (χ4v) is 2.09. The summed E-state index contributed by atoms with van der Waals surface area (Å²) in [6.07, 6.45) is 0. The smallest absolute Gasteiger partial charge is 0.229 e. The first-order valence-corrected chi connectivity index (χ1v) is 7.28. The van der Waals surface area contributed by atoms with Crippen LogP contribution in [0.2, 0.25) is 5.02 Å². The lowest BCUT2D eigenvalue weighted by atomic mass is 10.1. The van der Waals surface area contributed by atoms with Crippen LogP contribution in [-0.2, 0) is 0 Å². The molecule has 0 saturated carbocycles. The number of aromatic nitrogens is 2. The van der Waals surface area contributed by atoms with Gasteiger partial charge in [0.2, 0.25) is 5.95 Å². The lowest BCUT2D eigenvalue weighted by molar-refractivity contribution is 0.630. The molecule has 21 heavy (non-hydrogen) atoms. The van der Waals surface area contributed by atoms with E-state index >= 15 is 0 Å². The summed E-state index contributed by atoms with van der Waals surface area (Å²) < 4.78 is 0. The molecule has 0 radical (unpaired) electrons. The standard InChI is InChI=1S/C16H21ClN4/c1-10-6-7-12(17)9-13(10)19-15-18-11(2)8-14(20-15)21-16(3,4)5/h6-9H,1-5H3,(H2,18,19,20,21). The van der Waals surface area contributed by atoms with E-state index in [1.165, 1.54) is 0 Å². The number of aryl methyl sites for hydroxylation is 2. The number of hydrogen-bond acceptors (Lipinski definition) is 4. The Morgan fingerprint density at radius 3 is 2.43 bits per heavy atom. The Hall–Kier alpha value is -1.81. The van der Waals surface area contributed by atoms with E-state index < -0.39 is 0 Å². The van der Waals surface area contributed by atoms with Crippen LogP contribution in [0.1, 0.15) is 32.0 Å². The fraction of sp³-hybridized carbons (Fsp3) is 0.375. The normalized spacial score (nSPS) is 11.3. The van der Waals surface area contributed by atoms with Gasteiger partial charge in [-0.2, -0.15) is 4.98 Å². The van der Waals surface area contributed by atoms with Crippen molar-refractivity contribution >= 4 is 29.1 Å². The van der Waals surface area contributed by atoms with Crippen molar-refractivity contribution in [1.82, 2.24) is 9.97 Å². The summed E-state index contributed by atoms with van der Waals surface area (Å²) >= 11 is 6.04. The predicted octanol–water partition coefficient (Wildman–Crippen LogP) is 4.70. The number of hydrogen-bond donors (Lipinski definition) is 2. The number of halogens is 1. The first-order valence-electron chi connectivity index (χ1n) is 6.90. The number of nitrogens with zero attached hydrogens (tertiary/aromatic N) is 2. The Morgan fingerprint density at radius 2 is 1.76 bits per heavy atom. The van der Waals surface area contributed by atoms with E-state index in [4.69, 9.17) is 11.6 Å². The highest BCUT2D eigenvalue weighted by Gasteiger charge is 2.12. The third-order valence-corrected chi connectivity index (χ3v) is 3.04. The average molecular weight is 305 g/mol. The molecule has 1 heterocycles. The zero-order valence-electron chi connectivity index (χ0n) is 13.1. The summed E-state index contributed by atoms with van der Waals surface area (Å²) in [5.41, 5.74) is 2.85.